The van der Waals surface area contributed by atoms with E-state index in [-0.39, 0.29) is 6.04 Å². The van der Waals surface area contributed by atoms with Crippen LogP contribution in [0.25, 0.3) is 0 Å². The van der Waals surface area contributed by atoms with Gasteiger partial charge in [-0.2, -0.15) is 5.10 Å². The molecule has 1 unspecified atom stereocenters. The summed E-state index contributed by atoms with van der Waals surface area (Å²) in [7, 11) is 6.12. The molecule has 1 atom stereocenters. The second-order valence-corrected chi connectivity index (χ2v) is 8.19. The Morgan fingerprint density at radius 3 is 2.67 bits per heavy atom. The van der Waals surface area contributed by atoms with Gasteiger partial charge in [-0.25, -0.2) is 4.98 Å². The maximum atomic E-state index is 4.89. The van der Waals surface area contributed by atoms with Gasteiger partial charge in [-0.05, 0) is 52.9 Å². The Kier molecular flexibility index (Phi) is 7.68. The molecule has 0 spiro atoms. The standard InChI is InChI=1S/C22H36N8/c1-6-23-22(24-15-20(28(3)4)18-14-25-29(5)16-18)27-19-10-12-30(13-11-19)21-9-7-8-17(2)26-21/h7-9,14,16,19-20H,6,10-13,15H2,1-5H3,(H2,23,24,27). The topological polar surface area (TPSA) is 73.6 Å². The summed E-state index contributed by atoms with van der Waals surface area (Å²) >= 11 is 0. The van der Waals surface area contributed by atoms with Crippen molar-refractivity contribution < 1.29 is 0 Å². The van der Waals surface area contributed by atoms with Crippen molar-refractivity contribution in [2.75, 3.05) is 45.2 Å². The van der Waals surface area contributed by atoms with E-state index >= 15 is 0 Å². The van der Waals surface area contributed by atoms with Crippen LogP contribution in [0, 0.1) is 6.92 Å². The molecule has 0 saturated carbocycles. The second kappa shape index (κ2) is 10.4. The van der Waals surface area contributed by atoms with Crippen LogP contribution in [-0.4, -0.2) is 71.9 Å². The smallest absolute Gasteiger partial charge is 0.191 e. The minimum Gasteiger partial charge on any atom is -0.357 e. The summed E-state index contributed by atoms with van der Waals surface area (Å²) < 4.78 is 1.84. The number of piperidine rings is 1. The zero-order chi connectivity index (χ0) is 21.5. The average Bonchev–Trinajstić information content (AvgIpc) is 3.14. The lowest BCUT2D eigenvalue weighted by Gasteiger charge is -2.34. The molecule has 8 nitrogen and oxygen atoms in total. The number of pyridine rings is 1. The lowest BCUT2D eigenvalue weighted by Crippen LogP contribution is -2.49. The number of hydrogen-bond donors (Lipinski definition) is 2. The number of likely N-dealkylation sites (N-methyl/N-ethyl adjacent to an activating group) is 1. The van der Waals surface area contributed by atoms with Gasteiger partial charge in [0.05, 0.1) is 18.8 Å². The van der Waals surface area contributed by atoms with Gasteiger partial charge >= 0.3 is 0 Å². The highest BCUT2D eigenvalue weighted by Crippen LogP contribution is 2.19. The van der Waals surface area contributed by atoms with Gasteiger partial charge in [0.1, 0.15) is 5.82 Å². The molecule has 1 aliphatic rings. The summed E-state index contributed by atoms with van der Waals surface area (Å²) in [6, 6.07) is 6.85. The summed E-state index contributed by atoms with van der Waals surface area (Å²) in [6.07, 6.45) is 6.13. The predicted molar refractivity (Wildman–Crippen MR) is 123 cm³/mol. The summed E-state index contributed by atoms with van der Waals surface area (Å²) in [5.74, 6) is 1.97. The number of nitrogens with one attached hydrogen (secondary N) is 2. The van der Waals surface area contributed by atoms with Crippen LogP contribution in [-0.2, 0) is 7.05 Å². The van der Waals surface area contributed by atoms with Gasteiger partial charge in [-0.3, -0.25) is 9.67 Å². The fourth-order valence-electron chi connectivity index (χ4n) is 3.83. The van der Waals surface area contributed by atoms with Crippen LogP contribution in [0.2, 0.25) is 0 Å². The maximum absolute atomic E-state index is 4.89. The third-order valence-corrected chi connectivity index (χ3v) is 5.53. The molecule has 2 aromatic rings. The Hall–Kier alpha value is -2.61. The Labute approximate surface area is 180 Å². The van der Waals surface area contributed by atoms with E-state index in [0.717, 1.165) is 49.9 Å². The van der Waals surface area contributed by atoms with Gasteiger partial charge in [0.25, 0.3) is 0 Å². The highest BCUT2D eigenvalue weighted by atomic mass is 15.3. The Morgan fingerprint density at radius 1 is 1.30 bits per heavy atom. The van der Waals surface area contributed by atoms with E-state index in [0.29, 0.717) is 12.6 Å². The van der Waals surface area contributed by atoms with Crippen LogP contribution in [0.3, 0.4) is 0 Å². The normalized spacial score (nSPS) is 16.7. The van der Waals surface area contributed by atoms with Crippen molar-refractivity contribution in [1.29, 1.82) is 0 Å². The number of hydrogen-bond acceptors (Lipinski definition) is 5. The molecule has 2 N–H and O–H groups in total. The van der Waals surface area contributed by atoms with Crippen LogP contribution in [0.4, 0.5) is 5.82 Å². The van der Waals surface area contributed by atoms with Gasteiger partial charge in [-0.1, -0.05) is 6.07 Å². The van der Waals surface area contributed by atoms with Crippen LogP contribution in [0.1, 0.15) is 37.1 Å². The first kappa shape index (κ1) is 22.1. The number of guanidine groups is 1. The van der Waals surface area contributed by atoms with E-state index in [1.807, 2.05) is 30.9 Å². The molecule has 1 saturated heterocycles. The van der Waals surface area contributed by atoms with Gasteiger partial charge in [0, 0.05) is 50.2 Å². The number of nitrogens with zero attached hydrogens (tertiary/aromatic N) is 6. The van der Waals surface area contributed by atoms with Crippen molar-refractivity contribution in [2.45, 2.75) is 38.8 Å². The monoisotopic (exact) mass is 412 g/mol. The molecule has 0 amide bonds. The molecule has 0 aromatic carbocycles. The number of anilines is 1. The molecule has 164 valence electrons. The maximum Gasteiger partial charge on any atom is 0.191 e. The van der Waals surface area contributed by atoms with Gasteiger partial charge < -0.3 is 20.4 Å². The summed E-state index contributed by atoms with van der Waals surface area (Å²) in [5, 5.41) is 11.4. The molecule has 0 bridgehead atoms. The van der Waals surface area contributed by atoms with E-state index in [2.05, 4.69) is 69.9 Å². The molecule has 8 heteroatoms. The van der Waals surface area contributed by atoms with Crippen molar-refractivity contribution in [1.82, 2.24) is 30.3 Å². The molecule has 3 rings (SSSR count). The zero-order valence-corrected chi connectivity index (χ0v) is 19.0. The van der Waals surface area contributed by atoms with E-state index in [9.17, 15) is 0 Å². The van der Waals surface area contributed by atoms with Crippen molar-refractivity contribution in [2.24, 2.45) is 12.0 Å². The van der Waals surface area contributed by atoms with Crippen LogP contribution >= 0.6 is 0 Å². The van der Waals surface area contributed by atoms with Crippen molar-refractivity contribution >= 4 is 11.8 Å². The zero-order valence-electron chi connectivity index (χ0n) is 19.0. The second-order valence-electron chi connectivity index (χ2n) is 8.19. The third-order valence-electron chi connectivity index (χ3n) is 5.53. The lowest BCUT2D eigenvalue weighted by atomic mass is 10.1. The van der Waals surface area contributed by atoms with Crippen molar-refractivity contribution in [3.8, 4) is 0 Å². The number of aromatic nitrogens is 3. The van der Waals surface area contributed by atoms with Crippen LogP contribution in [0.5, 0.6) is 0 Å². The van der Waals surface area contributed by atoms with E-state index in [1.165, 1.54) is 5.56 Å². The Morgan fingerprint density at radius 2 is 2.07 bits per heavy atom. The fourth-order valence-corrected chi connectivity index (χ4v) is 3.83. The van der Waals surface area contributed by atoms with E-state index < -0.39 is 0 Å². The molecule has 3 heterocycles. The average molecular weight is 413 g/mol. The Bertz CT molecular complexity index is 820. The molecule has 0 aliphatic carbocycles. The quantitative estimate of drug-likeness (QED) is 0.535. The first-order valence-corrected chi connectivity index (χ1v) is 10.8. The summed E-state index contributed by atoms with van der Waals surface area (Å²) in [6.45, 7) is 7.68. The lowest BCUT2D eigenvalue weighted by molar-refractivity contribution is 0.306. The van der Waals surface area contributed by atoms with E-state index in [4.69, 9.17) is 4.99 Å². The van der Waals surface area contributed by atoms with Crippen molar-refractivity contribution in [3.05, 3.63) is 41.9 Å². The highest BCUT2D eigenvalue weighted by Gasteiger charge is 2.21. The number of aliphatic imine (C=N–C) groups is 1. The number of aryl methyl sites for hydroxylation is 2. The van der Waals surface area contributed by atoms with Gasteiger partial charge in [-0.15, -0.1) is 0 Å². The van der Waals surface area contributed by atoms with Crippen LogP contribution < -0.4 is 15.5 Å². The minimum atomic E-state index is 0.198. The van der Waals surface area contributed by atoms with Crippen molar-refractivity contribution in [3.63, 3.8) is 0 Å². The fraction of sp³-hybridized carbons (Fsp3) is 0.591. The number of rotatable bonds is 7. The molecular formula is C22H36N8. The first-order valence-electron chi connectivity index (χ1n) is 10.8. The molecule has 0 radical (unpaired) electrons. The Balaban J connectivity index is 1.58. The summed E-state index contributed by atoms with van der Waals surface area (Å²) in [4.78, 5) is 14.1. The molecule has 30 heavy (non-hydrogen) atoms. The largest absolute Gasteiger partial charge is 0.357 e. The third kappa shape index (κ3) is 5.95. The molecule has 1 aliphatic heterocycles. The van der Waals surface area contributed by atoms with Gasteiger partial charge in [0.15, 0.2) is 5.96 Å². The molecule has 1 fully saturated rings. The first-order chi connectivity index (χ1) is 14.5. The predicted octanol–water partition coefficient (Wildman–Crippen LogP) is 1.95. The summed E-state index contributed by atoms with van der Waals surface area (Å²) in [5.41, 5.74) is 2.25. The molecular weight excluding hydrogens is 376 g/mol. The van der Waals surface area contributed by atoms with Crippen LogP contribution in [0.15, 0.2) is 35.6 Å². The van der Waals surface area contributed by atoms with E-state index in [1.54, 1.807) is 0 Å². The highest BCUT2D eigenvalue weighted by molar-refractivity contribution is 5.80. The SMILES string of the molecule is CCNC(=NCC(c1cnn(C)c1)N(C)C)NC1CCN(c2cccc(C)n2)CC1. The molecule has 2 aromatic heterocycles. The van der Waals surface area contributed by atoms with Gasteiger partial charge in [0.2, 0.25) is 0 Å². The minimum absolute atomic E-state index is 0.198.